The Morgan fingerprint density at radius 2 is 1.85 bits per heavy atom. The van der Waals surface area contributed by atoms with E-state index in [1.165, 1.54) is 0 Å². The van der Waals surface area contributed by atoms with Crippen LogP contribution in [0.25, 0.3) is 0 Å². The predicted octanol–water partition coefficient (Wildman–Crippen LogP) is 3.24. The number of ether oxygens (including phenoxy) is 2. The van der Waals surface area contributed by atoms with E-state index in [4.69, 9.17) is 32.0 Å². The summed E-state index contributed by atoms with van der Waals surface area (Å²) in [5, 5.41) is 12.2. The fourth-order valence-corrected chi connectivity index (χ4v) is 1.84. The van der Waals surface area contributed by atoms with Gasteiger partial charge in [-0.3, -0.25) is 0 Å². The normalized spacial score (nSPS) is 11.2. The number of nitrogens with zero attached hydrogens (tertiary/aromatic N) is 1. The quantitative estimate of drug-likeness (QED) is 0.392. The van der Waals surface area contributed by atoms with Crippen molar-refractivity contribution in [2.24, 2.45) is 10.9 Å². The molecular formula is C14H13ClN2O3. The minimum Gasteiger partial charge on any atom is -0.493 e. The highest BCUT2D eigenvalue weighted by atomic mass is 35.5. The molecule has 2 aromatic rings. The van der Waals surface area contributed by atoms with Crippen LogP contribution in [0.2, 0.25) is 5.02 Å². The van der Waals surface area contributed by atoms with Gasteiger partial charge in [0, 0.05) is 5.02 Å². The van der Waals surface area contributed by atoms with Gasteiger partial charge in [0.2, 0.25) is 0 Å². The Morgan fingerprint density at radius 3 is 2.50 bits per heavy atom. The van der Waals surface area contributed by atoms with Crippen LogP contribution in [-0.2, 0) is 0 Å². The second kappa shape index (κ2) is 6.16. The molecule has 3 N–H and O–H groups in total. The molecule has 6 heteroatoms. The van der Waals surface area contributed by atoms with Crippen LogP contribution in [0.3, 0.4) is 0 Å². The van der Waals surface area contributed by atoms with Crippen LogP contribution in [0, 0.1) is 0 Å². The minimum atomic E-state index is -0.0857. The average Bonchev–Trinajstić information content (AvgIpc) is 2.48. The molecule has 20 heavy (non-hydrogen) atoms. The van der Waals surface area contributed by atoms with Crippen molar-refractivity contribution in [1.82, 2.24) is 0 Å². The third kappa shape index (κ3) is 2.95. The first-order valence-corrected chi connectivity index (χ1v) is 6.12. The van der Waals surface area contributed by atoms with Gasteiger partial charge >= 0.3 is 0 Å². The van der Waals surface area contributed by atoms with E-state index in [0.717, 1.165) is 0 Å². The van der Waals surface area contributed by atoms with Gasteiger partial charge in [-0.15, -0.1) is 0 Å². The Hall–Kier alpha value is -2.40. The topological polar surface area (TPSA) is 77.1 Å². The van der Waals surface area contributed by atoms with Crippen LogP contribution in [0.4, 0.5) is 0 Å². The smallest absolute Gasteiger partial charge is 0.173 e. The first-order valence-electron chi connectivity index (χ1n) is 5.74. The molecule has 104 valence electrons. The van der Waals surface area contributed by atoms with Crippen molar-refractivity contribution in [2.75, 3.05) is 7.11 Å². The van der Waals surface area contributed by atoms with Gasteiger partial charge in [0.1, 0.15) is 5.75 Å². The molecule has 0 heterocycles. The number of nitrogens with two attached hydrogens (primary N) is 1. The Kier molecular flexibility index (Phi) is 4.32. The molecule has 0 aliphatic carbocycles. The monoisotopic (exact) mass is 292 g/mol. The van der Waals surface area contributed by atoms with Crippen molar-refractivity contribution in [2.45, 2.75) is 0 Å². The fourth-order valence-electron chi connectivity index (χ4n) is 1.67. The summed E-state index contributed by atoms with van der Waals surface area (Å²) in [6, 6.07) is 12.0. The zero-order valence-electron chi connectivity index (χ0n) is 10.7. The van der Waals surface area contributed by atoms with E-state index in [-0.39, 0.29) is 5.84 Å². The molecule has 0 aromatic heterocycles. The molecule has 0 spiro atoms. The summed E-state index contributed by atoms with van der Waals surface area (Å²) in [5.41, 5.74) is 6.01. The lowest BCUT2D eigenvalue weighted by Gasteiger charge is -2.13. The van der Waals surface area contributed by atoms with E-state index >= 15 is 0 Å². The molecule has 0 aliphatic rings. The van der Waals surface area contributed by atoms with Crippen molar-refractivity contribution < 1.29 is 14.7 Å². The molecule has 5 nitrogen and oxygen atoms in total. The number of rotatable bonds is 4. The average molecular weight is 293 g/mol. The summed E-state index contributed by atoms with van der Waals surface area (Å²) < 4.78 is 11.0. The van der Waals surface area contributed by atoms with E-state index in [1.54, 1.807) is 37.4 Å². The highest BCUT2D eigenvalue weighted by Crippen LogP contribution is 2.33. The summed E-state index contributed by atoms with van der Waals surface area (Å²) >= 11 is 5.91. The second-order valence-corrected chi connectivity index (χ2v) is 4.32. The Balaban J connectivity index is 2.43. The Morgan fingerprint density at radius 1 is 1.15 bits per heavy atom. The lowest BCUT2D eigenvalue weighted by Crippen LogP contribution is -2.14. The number of methoxy groups -OCH3 is 1. The summed E-state index contributed by atoms with van der Waals surface area (Å²) in [4.78, 5) is 0. The fraction of sp³-hybridized carbons (Fsp3) is 0.0714. The molecular weight excluding hydrogens is 280 g/mol. The summed E-state index contributed by atoms with van der Waals surface area (Å²) in [6.45, 7) is 0. The highest BCUT2D eigenvalue weighted by molar-refractivity contribution is 6.31. The maximum atomic E-state index is 8.81. The molecule has 0 radical (unpaired) electrons. The molecule has 0 unspecified atom stereocenters. The largest absolute Gasteiger partial charge is 0.493 e. The number of amidine groups is 1. The van der Waals surface area contributed by atoms with Crippen molar-refractivity contribution in [3.8, 4) is 17.2 Å². The van der Waals surface area contributed by atoms with Crippen LogP contribution in [-0.4, -0.2) is 18.2 Å². The van der Waals surface area contributed by atoms with Crippen LogP contribution < -0.4 is 15.2 Å². The predicted molar refractivity (Wildman–Crippen MR) is 77.0 cm³/mol. The molecule has 2 rings (SSSR count). The number of hydrogen-bond donors (Lipinski definition) is 2. The Labute approximate surface area is 121 Å². The van der Waals surface area contributed by atoms with Gasteiger partial charge in [-0.05, 0) is 30.3 Å². The zero-order chi connectivity index (χ0) is 14.5. The Bertz CT molecular complexity index is 644. The molecule has 0 aliphatic heterocycles. The van der Waals surface area contributed by atoms with Crippen LogP contribution in [0.15, 0.2) is 47.6 Å². The molecule has 0 atom stereocenters. The third-order valence-corrected chi connectivity index (χ3v) is 2.85. The number of halogens is 1. The first kappa shape index (κ1) is 14.0. The van der Waals surface area contributed by atoms with E-state index < -0.39 is 0 Å². The highest BCUT2D eigenvalue weighted by Gasteiger charge is 2.12. The number of hydrogen-bond acceptors (Lipinski definition) is 4. The zero-order valence-corrected chi connectivity index (χ0v) is 11.5. The van der Waals surface area contributed by atoms with E-state index in [0.29, 0.717) is 27.8 Å². The van der Waals surface area contributed by atoms with Gasteiger partial charge in [0.05, 0.1) is 12.7 Å². The third-order valence-electron chi connectivity index (χ3n) is 2.61. The maximum absolute atomic E-state index is 8.81. The van der Waals surface area contributed by atoms with Crippen molar-refractivity contribution in [3.63, 3.8) is 0 Å². The maximum Gasteiger partial charge on any atom is 0.173 e. The number of benzene rings is 2. The minimum absolute atomic E-state index is 0.0857. The molecule has 0 saturated heterocycles. The molecule has 0 amide bonds. The van der Waals surface area contributed by atoms with Gasteiger partial charge < -0.3 is 20.4 Å². The SMILES string of the molecule is COc1ccccc1Oc1ccc(Cl)cc1C(N)=NO. The van der Waals surface area contributed by atoms with Gasteiger partial charge in [-0.25, -0.2) is 0 Å². The van der Waals surface area contributed by atoms with Crippen molar-refractivity contribution in [3.05, 3.63) is 53.1 Å². The standard InChI is InChI=1S/C14H13ClN2O3/c1-19-12-4-2-3-5-13(12)20-11-7-6-9(15)8-10(11)14(16)17-18/h2-8,18H,1H3,(H2,16,17). The van der Waals surface area contributed by atoms with E-state index in [9.17, 15) is 0 Å². The van der Waals surface area contributed by atoms with Crippen molar-refractivity contribution >= 4 is 17.4 Å². The molecule has 0 saturated carbocycles. The van der Waals surface area contributed by atoms with Gasteiger partial charge in [0.15, 0.2) is 17.3 Å². The van der Waals surface area contributed by atoms with E-state index in [1.807, 2.05) is 12.1 Å². The van der Waals surface area contributed by atoms with Gasteiger partial charge in [-0.1, -0.05) is 28.9 Å². The molecule has 2 aromatic carbocycles. The lowest BCUT2D eigenvalue weighted by molar-refractivity contribution is 0.318. The summed E-state index contributed by atoms with van der Waals surface area (Å²) in [6.07, 6.45) is 0. The van der Waals surface area contributed by atoms with E-state index in [2.05, 4.69) is 5.16 Å². The molecule has 0 bridgehead atoms. The van der Waals surface area contributed by atoms with Crippen LogP contribution in [0.1, 0.15) is 5.56 Å². The van der Waals surface area contributed by atoms with Crippen LogP contribution >= 0.6 is 11.6 Å². The molecule has 0 fully saturated rings. The number of oxime groups is 1. The summed E-state index contributed by atoms with van der Waals surface area (Å²) in [7, 11) is 1.55. The first-order chi connectivity index (χ1) is 9.65. The van der Waals surface area contributed by atoms with Gasteiger partial charge in [0.25, 0.3) is 0 Å². The number of para-hydroxylation sites is 2. The lowest BCUT2D eigenvalue weighted by atomic mass is 10.2. The van der Waals surface area contributed by atoms with Crippen LogP contribution in [0.5, 0.6) is 17.2 Å². The van der Waals surface area contributed by atoms with Gasteiger partial charge in [-0.2, -0.15) is 0 Å². The van der Waals surface area contributed by atoms with Crippen molar-refractivity contribution in [1.29, 1.82) is 0 Å². The second-order valence-electron chi connectivity index (χ2n) is 3.88. The summed E-state index contributed by atoms with van der Waals surface area (Å²) in [5.74, 6) is 1.42.